The number of amides is 9. The number of rotatable bonds is 30. The van der Waals surface area contributed by atoms with Crippen LogP contribution in [0.2, 0.25) is 0 Å². The molecule has 1 heterocycles. The monoisotopic (exact) mass is 1110 g/mol. The second-order valence-corrected chi connectivity index (χ2v) is 23.1. The molecule has 0 aromatic heterocycles. The van der Waals surface area contributed by atoms with Crippen LogP contribution in [0.15, 0.2) is 0 Å². The number of nitrogens with one attached hydrogen (secondary N) is 8. The van der Waals surface area contributed by atoms with Gasteiger partial charge in [-0.05, 0) is 81.5 Å². The molecule has 9 amide bonds. The number of cyclic esters (lactones) is 1. The number of esters is 1. The molecule has 1 aliphatic heterocycles. The smallest absolute Gasteiger partial charge is 0.328 e. The lowest BCUT2D eigenvalue weighted by molar-refractivity contribution is -0.156. The molecule has 0 aromatic carbocycles. The van der Waals surface area contributed by atoms with Crippen molar-refractivity contribution in [1.29, 1.82) is 0 Å². The Morgan fingerprint density at radius 3 is 1.46 bits per heavy atom. The number of carboxylic acid groups (broad SMARTS) is 1. The molecule has 446 valence electrons. The van der Waals surface area contributed by atoms with Crippen molar-refractivity contribution in [2.24, 2.45) is 35.3 Å². The largest absolute Gasteiger partial charge is 0.481 e. The van der Waals surface area contributed by atoms with Crippen LogP contribution in [-0.4, -0.2) is 136 Å². The minimum Gasteiger partial charge on any atom is -0.481 e. The van der Waals surface area contributed by atoms with Crippen LogP contribution in [-0.2, 0) is 57.5 Å². The number of carbonyl (C=O) groups excluding carboxylic acids is 10. The molecule has 0 aromatic rings. The topological polar surface area (TPSA) is 360 Å². The van der Waals surface area contributed by atoms with Crippen LogP contribution in [0.4, 0.5) is 0 Å². The summed E-state index contributed by atoms with van der Waals surface area (Å²) in [6.07, 6.45) is 3.02. The fraction of sp³-hybridized carbons (Fsp3) is 0.800. The molecule has 23 heteroatoms. The molecule has 1 aliphatic rings. The second kappa shape index (κ2) is 36.3. The van der Waals surface area contributed by atoms with Crippen molar-refractivity contribution >= 4 is 65.1 Å². The van der Waals surface area contributed by atoms with E-state index in [4.69, 9.17) is 10.5 Å². The second-order valence-electron chi connectivity index (χ2n) is 23.1. The first-order valence-electron chi connectivity index (χ1n) is 28.2. The predicted molar refractivity (Wildman–Crippen MR) is 292 cm³/mol. The lowest BCUT2D eigenvalue weighted by Gasteiger charge is -2.31. The van der Waals surface area contributed by atoms with E-state index in [-0.39, 0.29) is 81.0 Å². The van der Waals surface area contributed by atoms with E-state index in [0.717, 1.165) is 38.5 Å². The Balaban J connectivity index is 3.88. The third kappa shape index (κ3) is 28.7. The number of ether oxygens (including phenoxy) is 1. The van der Waals surface area contributed by atoms with Gasteiger partial charge in [-0.1, -0.05) is 121 Å². The van der Waals surface area contributed by atoms with E-state index >= 15 is 0 Å². The normalized spacial score (nSPS) is 22.4. The first-order chi connectivity index (χ1) is 36.4. The van der Waals surface area contributed by atoms with Crippen LogP contribution >= 0.6 is 0 Å². The standard InChI is InChI=1S/C55H97N9O14/c1-13-14-15-16-17-18-19-20-36(65)28-45(67)57-38(23-30(2)3)49(71)61-42(29-46(68)69)53(75)64-47-35(12)78-55(77)43(27-34(10)11)63-52(74)40(25-32(6)7)59-48(70)37(21-22-44(56)66)58-50(72)39(24-31(4)5)60-51(73)41(26-33(8)9)62-54(47)76/h30-43,47,65H,13-29H2,1-12H3,(H2,56,66)(H,57,67)(H,58,72)(H,59,70)(H,60,73)(H,61,71)(H,62,76)(H,63,74)(H,64,75)(H,68,69). The average molecular weight is 1110 g/mol. The molecule has 0 saturated carbocycles. The van der Waals surface area contributed by atoms with Crippen LogP contribution in [0, 0.1) is 29.6 Å². The molecule has 1 rings (SSSR count). The van der Waals surface area contributed by atoms with Crippen LogP contribution in [0.1, 0.15) is 192 Å². The summed E-state index contributed by atoms with van der Waals surface area (Å²) in [5.74, 6) is -11.8. The summed E-state index contributed by atoms with van der Waals surface area (Å²) in [4.78, 5) is 151. The molecular formula is C55H97N9O14. The zero-order valence-electron chi connectivity index (χ0n) is 48.6. The quantitative estimate of drug-likeness (QED) is 0.0364. The molecule has 12 N–H and O–H groups in total. The summed E-state index contributed by atoms with van der Waals surface area (Å²) in [5.41, 5.74) is 5.44. The molecule has 1 saturated heterocycles. The molecule has 23 nitrogen and oxygen atoms in total. The maximum absolute atomic E-state index is 14.7. The van der Waals surface area contributed by atoms with Crippen LogP contribution < -0.4 is 48.3 Å². The number of carbonyl (C=O) groups is 11. The Kier molecular flexibility index (Phi) is 32.7. The van der Waals surface area contributed by atoms with Crippen molar-refractivity contribution in [2.75, 3.05) is 0 Å². The van der Waals surface area contributed by atoms with Gasteiger partial charge in [0, 0.05) is 6.42 Å². The summed E-state index contributed by atoms with van der Waals surface area (Å²) in [5, 5.41) is 41.3. The number of hydrogen-bond acceptors (Lipinski definition) is 13. The van der Waals surface area contributed by atoms with E-state index < -0.39 is 132 Å². The molecular weight excluding hydrogens is 1010 g/mol. The predicted octanol–water partition coefficient (Wildman–Crippen LogP) is 2.67. The lowest BCUT2D eigenvalue weighted by atomic mass is 9.98. The third-order valence-electron chi connectivity index (χ3n) is 12.9. The van der Waals surface area contributed by atoms with E-state index in [1.54, 1.807) is 69.2 Å². The van der Waals surface area contributed by atoms with Gasteiger partial charge < -0.3 is 63.2 Å². The van der Waals surface area contributed by atoms with Gasteiger partial charge >= 0.3 is 11.9 Å². The Hall–Kier alpha value is -5.87. The SMILES string of the molecule is CCCCCCCCCC(O)CC(=O)NC(CC(C)C)C(=O)NC(CC(=O)O)C(=O)NC1C(=O)NC(CC(C)C)C(=O)NC(CC(C)C)C(=O)NC(CCC(N)=O)C(=O)NC(CC(C)C)C(=O)NC(CC(C)C)C(=O)OC1C. The fourth-order valence-corrected chi connectivity index (χ4v) is 8.95. The maximum atomic E-state index is 14.7. The highest BCUT2D eigenvalue weighted by Gasteiger charge is 2.40. The molecule has 0 bridgehead atoms. The van der Waals surface area contributed by atoms with Gasteiger partial charge in [-0.2, -0.15) is 0 Å². The van der Waals surface area contributed by atoms with E-state index in [9.17, 15) is 63.0 Å². The number of primary amides is 1. The van der Waals surface area contributed by atoms with E-state index in [1.165, 1.54) is 6.92 Å². The summed E-state index contributed by atoms with van der Waals surface area (Å²) in [6, 6.07) is -12.0. The summed E-state index contributed by atoms with van der Waals surface area (Å²) in [6.45, 7) is 21.1. The Morgan fingerprint density at radius 1 is 0.564 bits per heavy atom. The van der Waals surface area contributed by atoms with E-state index in [0.29, 0.717) is 12.8 Å². The molecule has 0 spiro atoms. The molecule has 0 radical (unpaired) electrons. The third-order valence-corrected chi connectivity index (χ3v) is 12.9. The van der Waals surface area contributed by atoms with Gasteiger partial charge in [-0.3, -0.25) is 47.9 Å². The summed E-state index contributed by atoms with van der Waals surface area (Å²) < 4.78 is 5.85. The van der Waals surface area contributed by atoms with Crippen molar-refractivity contribution in [3.05, 3.63) is 0 Å². The van der Waals surface area contributed by atoms with Crippen molar-refractivity contribution in [3.8, 4) is 0 Å². The van der Waals surface area contributed by atoms with E-state index in [1.807, 2.05) is 0 Å². The van der Waals surface area contributed by atoms with Gasteiger partial charge in [-0.25, -0.2) is 4.79 Å². The van der Waals surface area contributed by atoms with Gasteiger partial charge in [0.1, 0.15) is 54.4 Å². The minimum atomic E-state index is -1.91. The van der Waals surface area contributed by atoms with Crippen molar-refractivity contribution in [1.82, 2.24) is 42.5 Å². The van der Waals surface area contributed by atoms with Crippen molar-refractivity contribution in [2.45, 2.75) is 253 Å². The van der Waals surface area contributed by atoms with Gasteiger partial charge in [0.05, 0.1) is 18.9 Å². The van der Waals surface area contributed by atoms with Crippen LogP contribution in [0.5, 0.6) is 0 Å². The van der Waals surface area contributed by atoms with Crippen molar-refractivity contribution < 1.29 is 67.7 Å². The number of carboxylic acids is 1. The number of aliphatic carboxylic acids is 1. The summed E-state index contributed by atoms with van der Waals surface area (Å²) >= 11 is 0. The Bertz CT molecular complexity index is 1980. The first kappa shape index (κ1) is 70.1. The fourth-order valence-electron chi connectivity index (χ4n) is 8.95. The number of unbranched alkanes of at least 4 members (excludes halogenated alkanes) is 6. The highest BCUT2D eigenvalue weighted by atomic mass is 16.5. The minimum absolute atomic E-state index is 0.0209. The molecule has 78 heavy (non-hydrogen) atoms. The summed E-state index contributed by atoms with van der Waals surface area (Å²) in [7, 11) is 0. The number of aliphatic hydroxyl groups excluding tert-OH is 1. The highest BCUT2D eigenvalue weighted by Crippen LogP contribution is 2.17. The van der Waals surface area contributed by atoms with Gasteiger partial charge in [-0.15, -0.1) is 0 Å². The average Bonchev–Trinajstić information content (AvgIpc) is 3.31. The van der Waals surface area contributed by atoms with E-state index in [2.05, 4.69) is 49.5 Å². The zero-order chi connectivity index (χ0) is 59.4. The Morgan fingerprint density at radius 2 is 1.00 bits per heavy atom. The number of hydrogen-bond donors (Lipinski definition) is 11. The van der Waals surface area contributed by atoms with Crippen LogP contribution in [0.25, 0.3) is 0 Å². The number of nitrogens with two attached hydrogens (primary N) is 1. The van der Waals surface area contributed by atoms with Crippen molar-refractivity contribution in [3.63, 3.8) is 0 Å². The first-order valence-corrected chi connectivity index (χ1v) is 28.2. The maximum Gasteiger partial charge on any atom is 0.328 e. The highest BCUT2D eigenvalue weighted by molar-refractivity contribution is 5.99. The molecule has 10 atom stereocenters. The van der Waals surface area contributed by atoms with Crippen LogP contribution in [0.3, 0.4) is 0 Å². The Labute approximate surface area is 462 Å². The lowest BCUT2D eigenvalue weighted by Crippen LogP contribution is -2.62. The molecule has 10 unspecified atom stereocenters. The zero-order valence-corrected chi connectivity index (χ0v) is 48.6. The molecule has 0 aliphatic carbocycles. The number of aliphatic hydroxyl groups is 1. The molecule has 1 fully saturated rings. The van der Waals surface area contributed by atoms with Gasteiger partial charge in [0.25, 0.3) is 0 Å². The van der Waals surface area contributed by atoms with Gasteiger partial charge in [0.2, 0.25) is 53.2 Å². The van der Waals surface area contributed by atoms with Gasteiger partial charge in [0.15, 0.2) is 0 Å².